The van der Waals surface area contributed by atoms with Crippen molar-refractivity contribution in [1.29, 1.82) is 0 Å². The number of alkyl halides is 3. The lowest BCUT2D eigenvalue weighted by Crippen LogP contribution is -2.57. The average molecular weight is 426 g/mol. The van der Waals surface area contributed by atoms with Gasteiger partial charge in [0.25, 0.3) is 0 Å². The SMILES string of the molecule is Cl.O=S(=O)(NCC(N1CCNCC1)C(F)(F)F)c1cc(Cl)ccc1F. The Morgan fingerprint density at radius 3 is 2.44 bits per heavy atom. The van der Waals surface area contributed by atoms with Crippen LogP contribution in [-0.4, -0.2) is 58.3 Å². The Balaban J connectivity index is 0.00000312. The maximum atomic E-state index is 13.7. The lowest BCUT2D eigenvalue weighted by atomic mass is 10.2. The fraction of sp³-hybridized carbons (Fsp3) is 0.538. The van der Waals surface area contributed by atoms with Crippen molar-refractivity contribution < 1.29 is 26.0 Å². The molecule has 0 bridgehead atoms. The number of nitrogens with zero attached hydrogens (tertiary/aromatic N) is 1. The first-order chi connectivity index (χ1) is 11.1. The zero-order valence-corrected chi connectivity index (χ0v) is 15.2. The van der Waals surface area contributed by atoms with Crippen molar-refractivity contribution in [1.82, 2.24) is 14.9 Å². The van der Waals surface area contributed by atoms with E-state index in [1.54, 1.807) is 0 Å². The third-order valence-electron chi connectivity index (χ3n) is 3.62. The molecule has 1 unspecified atom stereocenters. The molecule has 1 aliphatic rings. The van der Waals surface area contributed by atoms with Crippen LogP contribution in [0.4, 0.5) is 17.6 Å². The minimum absolute atomic E-state index is 0. The highest BCUT2D eigenvalue weighted by molar-refractivity contribution is 7.89. The lowest BCUT2D eigenvalue weighted by molar-refractivity contribution is -0.182. The Labute approximate surface area is 154 Å². The molecule has 0 spiro atoms. The average Bonchev–Trinajstić information content (AvgIpc) is 2.49. The van der Waals surface area contributed by atoms with Gasteiger partial charge in [-0.15, -0.1) is 12.4 Å². The van der Waals surface area contributed by atoms with Gasteiger partial charge in [0.15, 0.2) is 0 Å². The van der Waals surface area contributed by atoms with Crippen molar-refractivity contribution >= 4 is 34.0 Å². The molecule has 1 atom stereocenters. The number of benzene rings is 1. The van der Waals surface area contributed by atoms with E-state index >= 15 is 0 Å². The third-order valence-corrected chi connectivity index (χ3v) is 5.29. The molecular formula is C13H17Cl2F4N3O2S. The number of hydrogen-bond donors (Lipinski definition) is 2. The third kappa shape index (κ3) is 5.93. The van der Waals surface area contributed by atoms with Crippen LogP contribution in [0.5, 0.6) is 0 Å². The summed E-state index contributed by atoms with van der Waals surface area (Å²) in [7, 11) is -4.46. The Hall–Kier alpha value is -0.650. The van der Waals surface area contributed by atoms with Gasteiger partial charge < -0.3 is 5.32 Å². The highest BCUT2D eigenvalue weighted by atomic mass is 35.5. The molecule has 0 radical (unpaired) electrons. The Morgan fingerprint density at radius 2 is 1.88 bits per heavy atom. The zero-order valence-electron chi connectivity index (χ0n) is 12.8. The van der Waals surface area contributed by atoms with E-state index in [2.05, 4.69) is 5.32 Å². The smallest absolute Gasteiger partial charge is 0.314 e. The summed E-state index contributed by atoms with van der Waals surface area (Å²) in [5.74, 6) is -1.09. The Kier molecular flexibility index (Phi) is 7.91. The predicted molar refractivity (Wildman–Crippen MR) is 88.1 cm³/mol. The molecule has 25 heavy (non-hydrogen) atoms. The van der Waals surface area contributed by atoms with Crippen LogP contribution in [0.1, 0.15) is 0 Å². The molecule has 1 aromatic carbocycles. The highest BCUT2D eigenvalue weighted by Gasteiger charge is 2.44. The molecule has 1 aromatic rings. The van der Waals surface area contributed by atoms with Gasteiger partial charge >= 0.3 is 6.18 Å². The Morgan fingerprint density at radius 1 is 1.28 bits per heavy atom. The summed E-state index contributed by atoms with van der Waals surface area (Å²) in [4.78, 5) is 0.365. The van der Waals surface area contributed by atoms with Crippen LogP contribution in [0.2, 0.25) is 5.02 Å². The first-order valence-electron chi connectivity index (χ1n) is 7.07. The number of piperazine rings is 1. The number of halogens is 6. The van der Waals surface area contributed by atoms with E-state index in [1.807, 2.05) is 4.72 Å². The van der Waals surface area contributed by atoms with E-state index in [1.165, 1.54) is 0 Å². The van der Waals surface area contributed by atoms with E-state index < -0.39 is 39.5 Å². The summed E-state index contributed by atoms with van der Waals surface area (Å²) >= 11 is 5.63. The van der Waals surface area contributed by atoms with E-state index in [0.717, 1.165) is 23.1 Å². The first-order valence-corrected chi connectivity index (χ1v) is 8.93. The molecule has 0 aromatic heterocycles. The van der Waals surface area contributed by atoms with Crippen molar-refractivity contribution in [3.8, 4) is 0 Å². The largest absolute Gasteiger partial charge is 0.405 e. The minimum Gasteiger partial charge on any atom is -0.314 e. The number of hydrogen-bond acceptors (Lipinski definition) is 4. The van der Waals surface area contributed by atoms with Gasteiger partial charge in [0.1, 0.15) is 16.8 Å². The molecule has 2 N–H and O–H groups in total. The Bertz CT molecular complexity index is 682. The monoisotopic (exact) mass is 425 g/mol. The zero-order chi connectivity index (χ0) is 18.0. The summed E-state index contributed by atoms with van der Waals surface area (Å²) in [5, 5.41) is 2.89. The van der Waals surface area contributed by atoms with E-state index in [0.29, 0.717) is 13.1 Å². The molecular weight excluding hydrogens is 409 g/mol. The molecule has 12 heteroatoms. The number of rotatable bonds is 5. The fourth-order valence-electron chi connectivity index (χ4n) is 2.40. The molecule has 1 aliphatic heterocycles. The van der Waals surface area contributed by atoms with Gasteiger partial charge in [-0.25, -0.2) is 17.5 Å². The maximum absolute atomic E-state index is 13.7. The van der Waals surface area contributed by atoms with Gasteiger partial charge in [-0.2, -0.15) is 13.2 Å². The van der Waals surface area contributed by atoms with Crippen LogP contribution in [0, 0.1) is 5.82 Å². The highest BCUT2D eigenvalue weighted by Crippen LogP contribution is 2.26. The molecule has 2 rings (SSSR count). The summed E-state index contributed by atoms with van der Waals surface area (Å²) < 4.78 is 79.4. The number of nitrogens with one attached hydrogen (secondary N) is 2. The van der Waals surface area contributed by atoms with Crippen LogP contribution in [0.3, 0.4) is 0 Å². The van der Waals surface area contributed by atoms with Gasteiger partial charge in [0.2, 0.25) is 10.0 Å². The van der Waals surface area contributed by atoms with Crippen molar-refractivity contribution in [2.24, 2.45) is 0 Å². The second-order valence-corrected chi connectivity index (χ2v) is 7.44. The molecule has 0 aliphatic carbocycles. The van der Waals surface area contributed by atoms with E-state index in [-0.39, 0.29) is 30.5 Å². The van der Waals surface area contributed by atoms with Gasteiger partial charge in [-0.3, -0.25) is 4.90 Å². The van der Waals surface area contributed by atoms with Crippen molar-refractivity contribution in [2.45, 2.75) is 17.1 Å². The van der Waals surface area contributed by atoms with Gasteiger partial charge in [-0.1, -0.05) is 11.6 Å². The molecule has 1 saturated heterocycles. The minimum atomic E-state index is -4.62. The van der Waals surface area contributed by atoms with Crippen LogP contribution in [-0.2, 0) is 10.0 Å². The molecule has 144 valence electrons. The molecule has 0 amide bonds. The van der Waals surface area contributed by atoms with Gasteiger partial charge in [0.05, 0.1) is 0 Å². The summed E-state index contributed by atoms with van der Waals surface area (Å²) in [5.41, 5.74) is 0. The van der Waals surface area contributed by atoms with Crippen LogP contribution < -0.4 is 10.0 Å². The van der Waals surface area contributed by atoms with Crippen LogP contribution >= 0.6 is 24.0 Å². The molecule has 1 heterocycles. The fourth-order valence-corrected chi connectivity index (χ4v) is 3.77. The van der Waals surface area contributed by atoms with Crippen molar-refractivity contribution in [3.05, 3.63) is 29.0 Å². The topological polar surface area (TPSA) is 61.4 Å². The molecule has 1 fully saturated rings. The molecule has 5 nitrogen and oxygen atoms in total. The summed E-state index contributed by atoms with van der Waals surface area (Å²) in [6.07, 6.45) is -4.62. The van der Waals surface area contributed by atoms with Gasteiger partial charge in [-0.05, 0) is 18.2 Å². The summed E-state index contributed by atoms with van der Waals surface area (Å²) in [6, 6.07) is 0.854. The normalized spacial score (nSPS) is 17.8. The lowest BCUT2D eigenvalue weighted by Gasteiger charge is -2.35. The first kappa shape index (κ1) is 22.4. The van der Waals surface area contributed by atoms with Crippen molar-refractivity contribution in [2.75, 3.05) is 32.7 Å². The standard InChI is InChI=1S/C13H16ClF4N3O2S.ClH/c14-9-1-2-10(15)11(7-9)24(22,23)20-8-12(13(16,17)18)21-5-3-19-4-6-21;/h1-2,7,12,19-20H,3-6,8H2;1H. The summed E-state index contributed by atoms with van der Waals surface area (Å²) in [6.45, 7) is 0.122. The second-order valence-electron chi connectivity index (χ2n) is 5.27. The van der Waals surface area contributed by atoms with Gasteiger partial charge in [0, 0.05) is 37.7 Å². The predicted octanol–water partition coefficient (Wildman–Crippen LogP) is 2.02. The molecule has 0 saturated carbocycles. The van der Waals surface area contributed by atoms with Crippen LogP contribution in [0.15, 0.2) is 23.1 Å². The van der Waals surface area contributed by atoms with E-state index in [9.17, 15) is 26.0 Å². The number of sulfonamides is 1. The van der Waals surface area contributed by atoms with E-state index in [4.69, 9.17) is 11.6 Å². The van der Waals surface area contributed by atoms with Crippen LogP contribution in [0.25, 0.3) is 0 Å². The maximum Gasteiger partial charge on any atom is 0.405 e. The van der Waals surface area contributed by atoms with Crippen molar-refractivity contribution in [3.63, 3.8) is 0 Å². The second kappa shape index (κ2) is 8.83. The quantitative estimate of drug-likeness (QED) is 0.708.